The maximum Gasteiger partial charge on any atom is 0.416 e. The molecule has 1 aromatic carbocycles. The van der Waals surface area contributed by atoms with Crippen LogP contribution >= 0.6 is 13.5 Å². The Labute approximate surface area is 200 Å². The fraction of sp³-hybridized carbons (Fsp3) is 0.273. The first-order valence-corrected chi connectivity index (χ1v) is 9.56. The number of carbonyl (C=O) groups is 2. The molecule has 0 radical (unpaired) electrons. The van der Waals surface area contributed by atoms with Crippen molar-refractivity contribution in [3.8, 4) is 0 Å². The molecule has 0 aliphatic carbocycles. The fourth-order valence-electron chi connectivity index (χ4n) is 3.62. The van der Waals surface area contributed by atoms with Crippen LogP contribution in [-0.2, 0) is 6.18 Å². The number of halogens is 4. The van der Waals surface area contributed by atoms with Crippen LogP contribution in [0.25, 0.3) is 0 Å². The minimum absolute atomic E-state index is 0. The highest BCUT2D eigenvalue weighted by atomic mass is 32.1. The van der Waals surface area contributed by atoms with Gasteiger partial charge in [-0.1, -0.05) is 7.43 Å². The number of nitrogens with zero attached hydrogens (tertiary/aromatic N) is 4. The molecule has 0 unspecified atom stereocenters. The Kier molecular flexibility index (Phi) is 7.76. The zero-order valence-corrected chi connectivity index (χ0v) is 18.4. The van der Waals surface area contributed by atoms with Gasteiger partial charge in [0.1, 0.15) is 17.3 Å². The maximum absolute atomic E-state index is 13.2. The van der Waals surface area contributed by atoms with Gasteiger partial charge in [-0.2, -0.15) is 31.8 Å². The van der Waals surface area contributed by atoms with Gasteiger partial charge < -0.3 is 10.2 Å². The number of hydrogen-bond donors (Lipinski definition) is 1. The van der Waals surface area contributed by atoms with E-state index in [1.807, 2.05) is 0 Å². The lowest BCUT2D eigenvalue weighted by Gasteiger charge is -2.32. The summed E-state index contributed by atoms with van der Waals surface area (Å²) in [5.41, 5.74) is -0.542. The van der Waals surface area contributed by atoms with Gasteiger partial charge in [-0.3, -0.25) is 14.3 Å². The van der Waals surface area contributed by atoms with Crippen LogP contribution in [0.2, 0.25) is 0 Å². The summed E-state index contributed by atoms with van der Waals surface area (Å²) in [5, 5.41) is 6.62. The average molecular weight is 498 g/mol. The molecule has 0 spiro atoms. The van der Waals surface area contributed by atoms with Crippen molar-refractivity contribution in [2.75, 3.05) is 16.8 Å². The van der Waals surface area contributed by atoms with Crippen LogP contribution in [0.15, 0.2) is 42.7 Å². The molecule has 34 heavy (non-hydrogen) atoms. The highest BCUT2D eigenvalue weighted by Crippen LogP contribution is 2.35. The van der Waals surface area contributed by atoms with Gasteiger partial charge in [-0.15, -0.1) is 0 Å². The molecule has 0 saturated heterocycles. The number of benzene rings is 1. The van der Waals surface area contributed by atoms with Crippen LogP contribution in [0.3, 0.4) is 0 Å². The highest BCUT2D eigenvalue weighted by molar-refractivity contribution is 7.59. The quantitative estimate of drug-likeness (QED) is 0.519. The van der Waals surface area contributed by atoms with Crippen LogP contribution in [-0.4, -0.2) is 33.1 Å². The third kappa shape index (κ3) is 4.91. The van der Waals surface area contributed by atoms with Gasteiger partial charge in [0.25, 0.3) is 11.8 Å². The van der Waals surface area contributed by atoms with Crippen LogP contribution in [0.1, 0.15) is 52.4 Å². The van der Waals surface area contributed by atoms with Crippen molar-refractivity contribution >= 4 is 36.8 Å². The Morgan fingerprint density at radius 2 is 1.88 bits per heavy atom. The van der Waals surface area contributed by atoms with E-state index in [9.17, 15) is 27.2 Å². The van der Waals surface area contributed by atoms with Gasteiger partial charge in [0.2, 0.25) is 0 Å². The van der Waals surface area contributed by atoms with Crippen LogP contribution in [0.4, 0.5) is 29.1 Å². The maximum atomic E-state index is 13.2. The van der Waals surface area contributed by atoms with Crippen LogP contribution < -0.4 is 10.2 Å². The summed E-state index contributed by atoms with van der Waals surface area (Å²) >= 11 is 0. The Hall–Kier alpha value is -3.41. The van der Waals surface area contributed by atoms with Gasteiger partial charge in [0.05, 0.1) is 29.6 Å². The molecule has 4 rings (SSSR count). The first-order valence-electron chi connectivity index (χ1n) is 9.56. The lowest BCUT2D eigenvalue weighted by molar-refractivity contribution is -0.138. The number of rotatable bonds is 3. The third-order valence-corrected chi connectivity index (χ3v) is 5.15. The molecule has 1 aliphatic heterocycles. The number of amides is 2. The molecule has 3 aromatic rings. The first kappa shape index (κ1) is 26.8. The molecule has 3 heterocycles. The summed E-state index contributed by atoms with van der Waals surface area (Å²) in [5.74, 6) is -1.73. The van der Waals surface area contributed by atoms with Gasteiger partial charge in [-0.25, -0.2) is 9.37 Å². The largest absolute Gasteiger partial charge is 0.416 e. The number of anilines is 2. The van der Waals surface area contributed by atoms with E-state index < -0.39 is 29.4 Å². The zero-order chi connectivity index (χ0) is 23.2. The number of aromatic nitrogens is 3. The van der Waals surface area contributed by atoms with Crippen molar-refractivity contribution < 1.29 is 27.2 Å². The molecule has 2 aromatic heterocycles. The summed E-state index contributed by atoms with van der Waals surface area (Å²) in [6.45, 7) is 3.26. The lowest BCUT2D eigenvalue weighted by Crippen LogP contribution is -2.43. The van der Waals surface area contributed by atoms with Gasteiger partial charge in [0.15, 0.2) is 0 Å². The number of alkyl halides is 3. The summed E-state index contributed by atoms with van der Waals surface area (Å²) in [4.78, 5) is 31.1. The molecule has 2 amide bonds. The predicted octanol–water partition coefficient (Wildman–Crippen LogP) is 4.97. The van der Waals surface area contributed by atoms with E-state index in [0.717, 1.165) is 18.3 Å². The van der Waals surface area contributed by atoms with Crippen molar-refractivity contribution in [1.29, 1.82) is 0 Å². The van der Waals surface area contributed by atoms with Crippen LogP contribution in [0, 0.1) is 12.7 Å². The topological polar surface area (TPSA) is 80.1 Å². The molecule has 182 valence electrons. The average Bonchev–Trinajstić information content (AvgIpc) is 3.17. The SMILES string of the molecule is C.Cc1cc(N2C[C@H](C)n3ncc(C(=O)Nc4ccc(F)cn4)c3C2=O)ccc1C(F)(F)F.S. The van der Waals surface area contributed by atoms with E-state index in [1.165, 1.54) is 40.9 Å². The molecular weight excluding hydrogens is 474 g/mol. The highest BCUT2D eigenvalue weighted by Gasteiger charge is 2.37. The minimum atomic E-state index is -4.50. The van der Waals surface area contributed by atoms with Crippen LogP contribution in [0.5, 0.6) is 0 Å². The Morgan fingerprint density at radius 3 is 2.47 bits per heavy atom. The van der Waals surface area contributed by atoms with Gasteiger partial charge in [-0.05, 0) is 49.7 Å². The van der Waals surface area contributed by atoms with Crippen molar-refractivity contribution in [3.63, 3.8) is 0 Å². The second kappa shape index (κ2) is 9.84. The molecule has 1 aliphatic rings. The summed E-state index contributed by atoms with van der Waals surface area (Å²) in [6, 6.07) is 5.51. The Morgan fingerprint density at radius 1 is 1.18 bits per heavy atom. The lowest BCUT2D eigenvalue weighted by atomic mass is 10.0. The van der Waals surface area contributed by atoms with Gasteiger partial charge >= 0.3 is 6.18 Å². The second-order valence-corrected chi connectivity index (χ2v) is 7.43. The minimum Gasteiger partial charge on any atom is -0.306 e. The predicted molar refractivity (Wildman–Crippen MR) is 124 cm³/mol. The van der Waals surface area contributed by atoms with E-state index in [1.54, 1.807) is 6.92 Å². The molecule has 0 fully saturated rings. The molecule has 0 saturated carbocycles. The van der Waals surface area contributed by atoms with Crippen molar-refractivity contribution in [2.24, 2.45) is 0 Å². The van der Waals surface area contributed by atoms with E-state index in [-0.39, 0.29) is 61.8 Å². The Balaban J connectivity index is 0.00000204. The third-order valence-electron chi connectivity index (χ3n) is 5.15. The summed E-state index contributed by atoms with van der Waals surface area (Å²) < 4.78 is 53.7. The molecule has 7 nitrogen and oxygen atoms in total. The van der Waals surface area contributed by atoms with Crippen molar-refractivity contribution in [1.82, 2.24) is 14.8 Å². The zero-order valence-electron chi connectivity index (χ0n) is 17.4. The fourth-order valence-corrected chi connectivity index (χ4v) is 3.62. The van der Waals surface area contributed by atoms with E-state index in [0.29, 0.717) is 0 Å². The van der Waals surface area contributed by atoms with E-state index in [4.69, 9.17) is 0 Å². The van der Waals surface area contributed by atoms with Gasteiger partial charge in [0, 0.05) is 12.2 Å². The standard InChI is InChI=1S/C21H17F4N5O2.CH4.H2S/c1-11-7-14(4-5-16(11)21(23,24)25)29-10-12(2)30-18(20(29)32)15(9-27-30)19(31)28-17-6-3-13(22)8-26-17;;/h3-9,12H,10H2,1-2H3,(H,26,28,31);1H4;1H2/t12-;;/m0../s1. The number of pyridine rings is 1. The second-order valence-electron chi connectivity index (χ2n) is 7.43. The normalized spacial score (nSPS) is 15.2. The van der Waals surface area contributed by atoms with E-state index in [2.05, 4.69) is 15.4 Å². The number of carbonyl (C=O) groups excluding carboxylic acids is 2. The van der Waals surface area contributed by atoms with E-state index >= 15 is 0 Å². The Bertz CT molecular complexity index is 1210. The molecule has 0 bridgehead atoms. The molecule has 12 heteroatoms. The number of nitrogens with one attached hydrogen (secondary N) is 1. The van der Waals surface area contributed by atoms with Crippen molar-refractivity contribution in [3.05, 3.63) is 70.9 Å². The molecule has 1 N–H and O–H groups in total. The molecular formula is C22H23F4N5O2S. The molecule has 1 atom stereocenters. The monoisotopic (exact) mass is 497 g/mol. The smallest absolute Gasteiger partial charge is 0.306 e. The van der Waals surface area contributed by atoms with Crippen molar-refractivity contribution in [2.45, 2.75) is 33.5 Å². The number of hydrogen-bond acceptors (Lipinski definition) is 4. The number of fused-ring (bicyclic) bond motifs is 1. The first-order chi connectivity index (χ1) is 15.1. The summed E-state index contributed by atoms with van der Waals surface area (Å²) in [6.07, 6.45) is -2.32. The number of aryl methyl sites for hydroxylation is 1. The summed E-state index contributed by atoms with van der Waals surface area (Å²) in [7, 11) is 0.